The number of allylic oxidation sites excluding steroid dienone is 1. The van der Waals surface area contributed by atoms with Crippen molar-refractivity contribution in [3.8, 4) is 0 Å². The minimum absolute atomic E-state index is 0.00208. The smallest absolute Gasteiger partial charge is 0.419 e. The highest BCUT2D eigenvalue weighted by Gasteiger charge is 2.84. The molecule has 1 aromatic heterocycles. The minimum atomic E-state index is -1.31. The molecule has 2 bridgehead atoms. The van der Waals surface area contributed by atoms with E-state index in [0.717, 1.165) is 44.8 Å². The second-order valence-corrected chi connectivity index (χ2v) is 16.2. The molecule has 1 saturated heterocycles. The molecule has 1 aromatic rings. The average Bonchev–Trinajstić information content (AvgIpc) is 3.56. The van der Waals surface area contributed by atoms with Crippen molar-refractivity contribution in [3.05, 3.63) is 29.9 Å². The van der Waals surface area contributed by atoms with Crippen LogP contribution in [0.5, 0.6) is 0 Å². The lowest BCUT2D eigenvalue weighted by Gasteiger charge is -2.72. The summed E-state index contributed by atoms with van der Waals surface area (Å²) in [5, 5.41) is 0. The van der Waals surface area contributed by atoms with Crippen LogP contribution in [-0.4, -0.2) is 46.3 Å². The van der Waals surface area contributed by atoms with Gasteiger partial charge in [-0.15, -0.1) is 0 Å². The van der Waals surface area contributed by atoms with Crippen molar-refractivity contribution < 1.29 is 28.2 Å². The first-order valence-electron chi connectivity index (χ1n) is 16.4. The fourth-order valence-corrected chi connectivity index (χ4v) is 12.5. The number of hydrogen-bond donors (Lipinski definition) is 0. The third-order valence-corrected chi connectivity index (χ3v) is 15.0. The molecule has 43 heavy (non-hydrogen) atoms. The third-order valence-electron chi connectivity index (χ3n) is 15.0. The Hall–Kier alpha value is -2.51. The first-order chi connectivity index (χ1) is 20.2. The van der Waals surface area contributed by atoms with Crippen LogP contribution in [0, 0.1) is 63.6 Å². The van der Waals surface area contributed by atoms with Gasteiger partial charge in [-0.1, -0.05) is 47.6 Å². The van der Waals surface area contributed by atoms with Crippen LogP contribution in [0.4, 0.5) is 9.18 Å². The van der Waals surface area contributed by atoms with Gasteiger partial charge in [0, 0.05) is 34.6 Å². The second-order valence-electron chi connectivity index (χ2n) is 16.2. The number of esters is 1. The van der Waals surface area contributed by atoms with E-state index in [4.69, 9.17) is 9.47 Å². The Kier molecular flexibility index (Phi) is 5.99. The molecule has 5 aliphatic carbocycles. The van der Waals surface area contributed by atoms with E-state index in [2.05, 4.69) is 46.5 Å². The molecule has 6 aliphatic rings. The number of nitrogens with zero attached hydrogens (tertiary/aromatic N) is 2. The number of rotatable bonds is 3. The predicted octanol–water partition coefficient (Wildman–Crippen LogP) is 6.87. The molecule has 7 rings (SSSR count). The maximum absolute atomic E-state index is 17.5. The van der Waals surface area contributed by atoms with Crippen molar-refractivity contribution in [1.82, 2.24) is 9.55 Å². The third kappa shape index (κ3) is 3.16. The van der Waals surface area contributed by atoms with Crippen LogP contribution in [0.3, 0.4) is 0 Å². The minimum Gasteiger partial charge on any atom is -0.455 e. The molecule has 0 radical (unpaired) electrons. The summed E-state index contributed by atoms with van der Waals surface area (Å²) in [6.45, 7) is 15.1. The average molecular weight is 595 g/mol. The summed E-state index contributed by atoms with van der Waals surface area (Å²) in [6.07, 6.45) is 9.50. The van der Waals surface area contributed by atoms with Gasteiger partial charge in [-0.25, -0.2) is 18.7 Å². The molecule has 8 heteroatoms. The number of aromatic nitrogens is 2. The molecule has 0 amide bonds. The van der Waals surface area contributed by atoms with E-state index in [1.807, 2.05) is 6.08 Å². The summed E-state index contributed by atoms with van der Waals surface area (Å²) in [4.78, 5) is 43.7. The van der Waals surface area contributed by atoms with Gasteiger partial charge in [0.1, 0.15) is 24.9 Å². The highest BCUT2D eigenvalue weighted by atomic mass is 19.1. The lowest BCUT2D eigenvalue weighted by atomic mass is 9.31. The standard InChI is InChI=1S/C35H47FN2O5/c1-20-8-11-34-13-12-32(6)31(5)10-9-24-30(4,19-42-29(41)38-15-14-37-22(38)3)17-23(18-39)33(24,7)25(31)16-26(36)35(32,43-28(34)40)27(34)21(20)2/h14-15,17-18,20-21,24-27H,8-13,16,19H2,1-7H3/t20-,21+,24+,25+,26-,27-,30+,31-,32+,33+,34+,35+/m1/s1. The van der Waals surface area contributed by atoms with Crippen molar-refractivity contribution in [2.24, 2.45) is 56.7 Å². The van der Waals surface area contributed by atoms with Crippen molar-refractivity contribution in [3.63, 3.8) is 0 Å². The molecule has 2 heterocycles. The van der Waals surface area contributed by atoms with Gasteiger partial charge >= 0.3 is 12.1 Å². The number of carbonyl (C=O) groups excluding carboxylic acids is 3. The topological polar surface area (TPSA) is 87.5 Å². The van der Waals surface area contributed by atoms with E-state index in [0.29, 0.717) is 17.3 Å². The quantitative estimate of drug-likeness (QED) is 0.281. The summed E-state index contributed by atoms with van der Waals surface area (Å²) >= 11 is 0. The Bertz CT molecular complexity index is 1440. The molecular formula is C35H47FN2O5. The molecule has 12 atom stereocenters. The molecule has 7 nitrogen and oxygen atoms in total. The molecule has 5 fully saturated rings. The number of imidazole rings is 1. The fraction of sp³-hybridized carbons (Fsp3) is 0.771. The van der Waals surface area contributed by atoms with Gasteiger partial charge in [0.2, 0.25) is 0 Å². The summed E-state index contributed by atoms with van der Waals surface area (Å²) < 4.78 is 31.2. The zero-order valence-corrected chi connectivity index (χ0v) is 26.7. The number of aldehydes is 1. The number of ether oxygens (including phenoxy) is 2. The number of carbonyl (C=O) groups is 3. The Morgan fingerprint density at radius 1 is 1.14 bits per heavy atom. The van der Waals surface area contributed by atoms with Crippen LogP contribution < -0.4 is 0 Å². The van der Waals surface area contributed by atoms with Crippen LogP contribution in [-0.2, 0) is 19.1 Å². The predicted molar refractivity (Wildman–Crippen MR) is 158 cm³/mol. The molecule has 1 spiro atoms. The Labute approximate surface area is 254 Å². The number of hydrogen-bond acceptors (Lipinski definition) is 6. The second kappa shape index (κ2) is 8.81. The highest BCUT2D eigenvalue weighted by molar-refractivity contribution is 5.82. The van der Waals surface area contributed by atoms with E-state index >= 15 is 4.39 Å². The normalized spacial score (nSPS) is 51.3. The molecule has 1 aliphatic heterocycles. The highest BCUT2D eigenvalue weighted by Crippen LogP contribution is 2.81. The summed E-state index contributed by atoms with van der Waals surface area (Å²) in [6, 6.07) is 0. The van der Waals surface area contributed by atoms with Crippen LogP contribution >= 0.6 is 0 Å². The van der Waals surface area contributed by atoms with E-state index < -0.39 is 39.5 Å². The SMILES string of the molecule is Cc1nccn1C(=O)OC[C@]1(C)C=C(C=O)[C@@]2(C)[C@H]1CC[C@]1(C)[C@@H]2C[C@@H](F)[C@]23OC(=O)[C@@]4(CC[C@@H](C)[C@H](C)[C@H]42)CC[C@]31C. The maximum Gasteiger partial charge on any atom is 0.419 e. The van der Waals surface area contributed by atoms with Crippen molar-refractivity contribution in [1.29, 1.82) is 0 Å². The molecule has 234 valence electrons. The van der Waals surface area contributed by atoms with Gasteiger partial charge in [0.05, 0.1) is 5.41 Å². The van der Waals surface area contributed by atoms with E-state index in [9.17, 15) is 14.4 Å². The van der Waals surface area contributed by atoms with E-state index in [1.165, 1.54) is 4.57 Å². The first kappa shape index (κ1) is 29.2. The molecule has 0 N–H and O–H groups in total. The summed E-state index contributed by atoms with van der Waals surface area (Å²) in [5.74, 6) is 0.731. The van der Waals surface area contributed by atoms with Crippen molar-refractivity contribution in [2.45, 2.75) is 105 Å². The van der Waals surface area contributed by atoms with E-state index in [1.54, 1.807) is 19.3 Å². The Balaban J connectivity index is 1.27. The van der Waals surface area contributed by atoms with Crippen molar-refractivity contribution >= 4 is 18.3 Å². The molecule has 0 aromatic carbocycles. The Morgan fingerprint density at radius 2 is 1.88 bits per heavy atom. The van der Waals surface area contributed by atoms with E-state index in [-0.39, 0.29) is 48.1 Å². The number of alkyl halides is 1. The fourth-order valence-electron chi connectivity index (χ4n) is 12.5. The van der Waals surface area contributed by atoms with Crippen LogP contribution in [0.25, 0.3) is 0 Å². The lowest BCUT2D eigenvalue weighted by molar-refractivity contribution is -0.296. The first-order valence-corrected chi connectivity index (χ1v) is 16.4. The van der Waals surface area contributed by atoms with Crippen LogP contribution in [0.1, 0.15) is 92.3 Å². The molecule has 0 unspecified atom stereocenters. The van der Waals surface area contributed by atoms with Gasteiger partial charge in [0.25, 0.3) is 0 Å². The van der Waals surface area contributed by atoms with Gasteiger partial charge in [-0.3, -0.25) is 9.59 Å². The monoisotopic (exact) mass is 594 g/mol. The van der Waals surface area contributed by atoms with Gasteiger partial charge in [-0.2, -0.15) is 0 Å². The van der Waals surface area contributed by atoms with Crippen LogP contribution in [0.15, 0.2) is 24.0 Å². The lowest BCUT2D eigenvalue weighted by Crippen LogP contribution is -2.75. The largest absolute Gasteiger partial charge is 0.455 e. The summed E-state index contributed by atoms with van der Waals surface area (Å²) in [5.41, 5.74) is -3.12. The zero-order chi connectivity index (χ0) is 31.0. The molecule has 4 saturated carbocycles. The van der Waals surface area contributed by atoms with Gasteiger partial charge in [0.15, 0.2) is 5.60 Å². The van der Waals surface area contributed by atoms with Crippen molar-refractivity contribution in [2.75, 3.05) is 6.61 Å². The number of halogens is 1. The number of fused-ring (bicyclic) bond motifs is 4. The Morgan fingerprint density at radius 3 is 2.56 bits per heavy atom. The zero-order valence-electron chi connectivity index (χ0n) is 26.7. The maximum atomic E-state index is 17.5. The van der Waals surface area contributed by atoms with Gasteiger partial charge < -0.3 is 9.47 Å². The van der Waals surface area contributed by atoms with Crippen LogP contribution in [0.2, 0.25) is 0 Å². The molecular weight excluding hydrogens is 547 g/mol. The summed E-state index contributed by atoms with van der Waals surface area (Å²) in [7, 11) is 0. The number of aryl methyl sites for hydroxylation is 1. The van der Waals surface area contributed by atoms with Gasteiger partial charge in [-0.05, 0) is 86.5 Å².